The van der Waals surface area contributed by atoms with Gasteiger partial charge in [0.1, 0.15) is 11.8 Å². The number of aromatic amines is 1. The summed E-state index contributed by atoms with van der Waals surface area (Å²) in [4.78, 5) is 14.2. The number of ether oxygens (including phenoxy) is 1. The van der Waals surface area contributed by atoms with Crippen molar-refractivity contribution in [2.24, 2.45) is 0 Å². The second-order valence-electron chi connectivity index (χ2n) is 5.18. The van der Waals surface area contributed by atoms with Crippen molar-refractivity contribution in [2.75, 3.05) is 19.7 Å². The second-order valence-corrected chi connectivity index (χ2v) is 5.18. The Labute approximate surface area is 123 Å². The highest BCUT2D eigenvalue weighted by molar-refractivity contribution is 5.92. The molecule has 1 amide bonds. The minimum atomic E-state index is -0.0588. The Morgan fingerprint density at radius 3 is 2.86 bits per heavy atom. The van der Waals surface area contributed by atoms with Crippen molar-refractivity contribution in [3.05, 3.63) is 53.3 Å². The Bertz CT molecular complexity index is 592. The van der Waals surface area contributed by atoms with E-state index in [0.29, 0.717) is 25.4 Å². The summed E-state index contributed by atoms with van der Waals surface area (Å²) in [6, 6.07) is 10.1. The zero-order valence-corrected chi connectivity index (χ0v) is 12.1. The molecule has 1 saturated heterocycles. The molecule has 5 heteroatoms. The van der Waals surface area contributed by atoms with Crippen LogP contribution in [0.25, 0.3) is 0 Å². The third-order valence-electron chi connectivity index (χ3n) is 3.84. The van der Waals surface area contributed by atoms with Gasteiger partial charge in [-0.05, 0) is 23.6 Å². The van der Waals surface area contributed by atoms with Gasteiger partial charge in [0.05, 0.1) is 13.2 Å². The van der Waals surface area contributed by atoms with Crippen LogP contribution in [0, 0.1) is 0 Å². The molecule has 2 aromatic rings. The Morgan fingerprint density at radius 1 is 1.38 bits per heavy atom. The lowest BCUT2D eigenvalue weighted by molar-refractivity contribution is -0.0230. The lowest BCUT2D eigenvalue weighted by atomic mass is 10.0. The molecule has 110 valence electrons. The third kappa shape index (κ3) is 2.97. The zero-order valence-electron chi connectivity index (χ0n) is 12.1. The molecule has 2 heterocycles. The number of morpholine rings is 1. The van der Waals surface area contributed by atoms with E-state index in [9.17, 15) is 4.79 Å². The van der Waals surface area contributed by atoms with Gasteiger partial charge < -0.3 is 9.64 Å². The Kier molecular flexibility index (Phi) is 4.01. The van der Waals surface area contributed by atoms with Gasteiger partial charge in [-0.2, -0.15) is 5.10 Å². The van der Waals surface area contributed by atoms with E-state index in [-0.39, 0.29) is 12.0 Å². The topological polar surface area (TPSA) is 58.2 Å². The number of aryl methyl sites for hydroxylation is 1. The van der Waals surface area contributed by atoms with Gasteiger partial charge in [-0.1, -0.05) is 31.2 Å². The van der Waals surface area contributed by atoms with Gasteiger partial charge >= 0.3 is 0 Å². The highest BCUT2D eigenvalue weighted by Crippen LogP contribution is 2.23. The zero-order chi connectivity index (χ0) is 14.7. The maximum absolute atomic E-state index is 12.3. The summed E-state index contributed by atoms with van der Waals surface area (Å²) in [5, 5.41) is 6.55. The second kappa shape index (κ2) is 6.10. The van der Waals surface area contributed by atoms with Crippen molar-refractivity contribution >= 4 is 5.91 Å². The predicted molar refractivity (Wildman–Crippen MR) is 79.0 cm³/mol. The van der Waals surface area contributed by atoms with E-state index < -0.39 is 0 Å². The average Bonchev–Trinajstić information content (AvgIpc) is 3.09. The lowest BCUT2D eigenvalue weighted by Gasteiger charge is -2.33. The number of carbonyl (C=O) groups is 1. The van der Waals surface area contributed by atoms with E-state index in [0.717, 1.165) is 12.0 Å². The number of benzene rings is 1. The van der Waals surface area contributed by atoms with Crippen molar-refractivity contribution in [1.82, 2.24) is 15.1 Å². The molecule has 0 aliphatic carbocycles. The summed E-state index contributed by atoms with van der Waals surface area (Å²) >= 11 is 0. The molecule has 5 nitrogen and oxygen atoms in total. The number of amides is 1. The number of nitrogens with zero attached hydrogens (tertiary/aromatic N) is 2. The molecule has 0 saturated carbocycles. The first kappa shape index (κ1) is 13.8. The van der Waals surface area contributed by atoms with Crippen LogP contribution in [-0.4, -0.2) is 40.7 Å². The summed E-state index contributed by atoms with van der Waals surface area (Å²) < 4.78 is 5.82. The smallest absolute Gasteiger partial charge is 0.272 e. The third-order valence-corrected chi connectivity index (χ3v) is 3.84. The molecule has 0 bridgehead atoms. The fraction of sp³-hybridized carbons (Fsp3) is 0.375. The van der Waals surface area contributed by atoms with Crippen LogP contribution in [-0.2, 0) is 11.2 Å². The fourth-order valence-electron chi connectivity index (χ4n) is 2.55. The fourth-order valence-corrected chi connectivity index (χ4v) is 2.55. The number of rotatable bonds is 3. The molecular formula is C16H19N3O2. The van der Waals surface area contributed by atoms with Gasteiger partial charge in [0.25, 0.3) is 5.91 Å². The molecule has 0 unspecified atom stereocenters. The van der Waals surface area contributed by atoms with Gasteiger partial charge in [0.15, 0.2) is 0 Å². The van der Waals surface area contributed by atoms with E-state index in [1.165, 1.54) is 5.56 Å². The van der Waals surface area contributed by atoms with E-state index in [1.54, 1.807) is 12.3 Å². The van der Waals surface area contributed by atoms with Gasteiger partial charge in [-0.25, -0.2) is 0 Å². The minimum Gasteiger partial charge on any atom is -0.370 e. The highest BCUT2D eigenvalue weighted by atomic mass is 16.5. The van der Waals surface area contributed by atoms with Gasteiger partial charge in [0.2, 0.25) is 0 Å². The standard InChI is InChI=1S/C16H19N3O2/c1-2-12-3-5-13(6-4-12)15-11-19(9-10-21-15)16(20)14-7-8-17-18-14/h3-8,15H,2,9-11H2,1H3,(H,17,18)/t15-/m1/s1. The SMILES string of the molecule is CCc1ccc([C@H]2CN(C(=O)c3ccn[nH]3)CCO2)cc1. The van der Waals surface area contributed by atoms with E-state index >= 15 is 0 Å². The van der Waals surface area contributed by atoms with Crippen LogP contribution in [0.5, 0.6) is 0 Å². The maximum Gasteiger partial charge on any atom is 0.272 e. The number of hydrogen-bond donors (Lipinski definition) is 1. The van der Waals surface area contributed by atoms with E-state index in [1.807, 2.05) is 4.90 Å². The van der Waals surface area contributed by atoms with Crippen molar-refractivity contribution in [2.45, 2.75) is 19.4 Å². The highest BCUT2D eigenvalue weighted by Gasteiger charge is 2.26. The van der Waals surface area contributed by atoms with Crippen LogP contribution in [0.4, 0.5) is 0 Å². The number of H-pyrrole nitrogens is 1. The van der Waals surface area contributed by atoms with Crippen LogP contribution < -0.4 is 0 Å². The molecule has 1 aliphatic heterocycles. The quantitative estimate of drug-likeness (QED) is 0.940. The molecule has 1 fully saturated rings. The van der Waals surface area contributed by atoms with Crippen LogP contribution >= 0.6 is 0 Å². The van der Waals surface area contributed by atoms with Crippen LogP contribution in [0.3, 0.4) is 0 Å². The van der Waals surface area contributed by atoms with Gasteiger partial charge in [0, 0.05) is 12.7 Å². The van der Waals surface area contributed by atoms with Gasteiger partial charge in [-0.15, -0.1) is 0 Å². The van der Waals surface area contributed by atoms with Crippen molar-refractivity contribution in [3.8, 4) is 0 Å². The summed E-state index contributed by atoms with van der Waals surface area (Å²) in [5.74, 6) is -0.0222. The first-order chi connectivity index (χ1) is 10.3. The Hall–Kier alpha value is -2.14. The molecule has 3 rings (SSSR count). The summed E-state index contributed by atoms with van der Waals surface area (Å²) in [6.07, 6.45) is 2.56. The number of nitrogens with one attached hydrogen (secondary N) is 1. The molecule has 21 heavy (non-hydrogen) atoms. The van der Waals surface area contributed by atoms with Crippen molar-refractivity contribution in [3.63, 3.8) is 0 Å². The van der Waals surface area contributed by atoms with Crippen molar-refractivity contribution in [1.29, 1.82) is 0 Å². The number of aromatic nitrogens is 2. The Balaban J connectivity index is 1.71. The largest absolute Gasteiger partial charge is 0.370 e. The number of hydrogen-bond acceptors (Lipinski definition) is 3. The molecule has 1 aromatic heterocycles. The molecule has 1 aliphatic rings. The first-order valence-electron chi connectivity index (χ1n) is 7.27. The monoisotopic (exact) mass is 285 g/mol. The summed E-state index contributed by atoms with van der Waals surface area (Å²) in [6.45, 7) is 3.88. The number of carbonyl (C=O) groups excluding carboxylic acids is 1. The van der Waals surface area contributed by atoms with Crippen LogP contribution in [0.15, 0.2) is 36.5 Å². The summed E-state index contributed by atoms with van der Waals surface area (Å²) in [5.41, 5.74) is 2.95. The molecule has 0 radical (unpaired) electrons. The summed E-state index contributed by atoms with van der Waals surface area (Å²) in [7, 11) is 0. The Morgan fingerprint density at radius 2 is 2.19 bits per heavy atom. The normalized spacial score (nSPS) is 18.7. The maximum atomic E-state index is 12.3. The molecule has 1 atom stereocenters. The van der Waals surface area contributed by atoms with E-state index in [2.05, 4.69) is 41.4 Å². The molecular weight excluding hydrogens is 266 g/mol. The van der Waals surface area contributed by atoms with Crippen LogP contribution in [0.2, 0.25) is 0 Å². The average molecular weight is 285 g/mol. The van der Waals surface area contributed by atoms with E-state index in [4.69, 9.17) is 4.74 Å². The minimum absolute atomic E-state index is 0.0222. The molecule has 1 N–H and O–H groups in total. The van der Waals surface area contributed by atoms with Gasteiger partial charge in [-0.3, -0.25) is 9.89 Å². The molecule has 1 aromatic carbocycles. The van der Waals surface area contributed by atoms with Crippen LogP contribution in [0.1, 0.15) is 34.6 Å². The predicted octanol–water partition coefficient (Wildman–Crippen LogP) is 2.19. The lowest BCUT2D eigenvalue weighted by Crippen LogP contribution is -2.42. The van der Waals surface area contributed by atoms with Crippen molar-refractivity contribution < 1.29 is 9.53 Å². The molecule has 0 spiro atoms. The first-order valence-corrected chi connectivity index (χ1v) is 7.27.